The van der Waals surface area contributed by atoms with Gasteiger partial charge in [-0.3, -0.25) is 0 Å². The van der Waals surface area contributed by atoms with Gasteiger partial charge in [0, 0.05) is 13.1 Å². The van der Waals surface area contributed by atoms with Crippen LogP contribution in [0.25, 0.3) is 0 Å². The van der Waals surface area contributed by atoms with Gasteiger partial charge in [-0.2, -0.15) is 0 Å². The van der Waals surface area contributed by atoms with Crippen LogP contribution < -0.4 is 0 Å². The fraction of sp³-hybridized carbons (Fsp3) is 0.750. The molecule has 0 amide bonds. The Balaban J connectivity index is 2.23. The molecule has 1 heteroatoms. The standard InChI is InChI=1S/C8H15N/c1-2-6-9-7-4-3-5-8-9/h2,6H,3-5,7-8H2,1H3. The van der Waals surface area contributed by atoms with Gasteiger partial charge in [0.25, 0.3) is 0 Å². The van der Waals surface area contributed by atoms with Crippen LogP contribution in [0.4, 0.5) is 0 Å². The largest absolute Gasteiger partial charge is 0.378 e. The Kier molecular flexibility index (Phi) is 2.62. The zero-order valence-electron chi connectivity index (χ0n) is 6.14. The van der Waals surface area contributed by atoms with Crippen LogP contribution >= 0.6 is 0 Å². The van der Waals surface area contributed by atoms with E-state index < -0.39 is 0 Å². The molecule has 9 heavy (non-hydrogen) atoms. The second-order valence-electron chi connectivity index (χ2n) is 2.58. The van der Waals surface area contributed by atoms with Crippen LogP contribution in [0.1, 0.15) is 26.2 Å². The molecule has 1 heterocycles. The first kappa shape index (κ1) is 6.66. The van der Waals surface area contributed by atoms with Gasteiger partial charge in [-0.15, -0.1) is 0 Å². The molecule has 1 nitrogen and oxygen atoms in total. The van der Waals surface area contributed by atoms with Crippen LogP contribution in [0.2, 0.25) is 0 Å². The van der Waals surface area contributed by atoms with E-state index in [-0.39, 0.29) is 0 Å². The van der Waals surface area contributed by atoms with Gasteiger partial charge in [0.15, 0.2) is 0 Å². The summed E-state index contributed by atoms with van der Waals surface area (Å²) in [4.78, 5) is 2.39. The molecule has 1 aliphatic heterocycles. The van der Waals surface area contributed by atoms with Gasteiger partial charge >= 0.3 is 0 Å². The predicted molar refractivity (Wildman–Crippen MR) is 40.2 cm³/mol. The Bertz CT molecular complexity index is 90.7. The molecule has 0 aromatic carbocycles. The van der Waals surface area contributed by atoms with Gasteiger partial charge in [0.1, 0.15) is 0 Å². The summed E-state index contributed by atoms with van der Waals surface area (Å²) in [7, 11) is 0. The Morgan fingerprint density at radius 1 is 1.11 bits per heavy atom. The quantitative estimate of drug-likeness (QED) is 0.518. The van der Waals surface area contributed by atoms with Crippen LogP contribution in [-0.4, -0.2) is 18.0 Å². The van der Waals surface area contributed by atoms with Crippen molar-refractivity contribution >= 4 is 0 Å². The number of nitrogens with zero attached hydrogens (tertiary/aromatic N) is 1. The topological polar surface area (TPSA) is 3.24 Å². The number of allylic oxidation sites excluding steroid dienone is 1. The Labute approximate surface area is 57.4 Å². The lowest BCUT2D eigenvalue weighted by atomic mass is 10.1. The van der Waals surface area contributed by atoms with E-state index in [0.29, 0.717) is 0 Å². The molecule has 0 aromatic rings. The van der Waals surface area contributed by atoms with Crippen molar-refractivity contribution < 1.29 is 0 Å². The molecule has 0 N–H and O–H groups in total. The van der Waals surface area contributed by atoms with Crippen molar-refractivity contribution in [3.8, 4) is 0 Å². The molecule has 0 bridgehead atoms. The first-order valence-corrected chi connectivity index (χ1v) is 3.80. The average Bonchev–Trinajstić information content (AvgIpc) is 1.91. The lowest BCUT2D eigenvalue weighted by Crippen LogP contribution is -2.23. The molecular weight excluding hydrogens is 110 g/mol. The van der Waals surface area contributed by atoms with Crippen molar-refractivity contribution in [3.05, 3.63) is 12.3 Å². The van der Waals surface area contributed by atoms with Gasteiger partial charge in [0.05, 0.1) is 0 Å². The fourth-order valence-electron chi connectivity index (χ4n) is 1.28. The Morgan fingerprint density at radius 2 is 1.78 bits per heavy atom. The van der Waals surface area contributed by atoms with E-state index in [1.165, 1.54) is 32.4 Å². The molecular formula is C8H15N. The van der Waals surface area contributed by atoms with Gasteiger partial charge in [0.2, 0.25) is 0 Å². The smallest absolute Gasteiger partial charge is 0.0172 e. The van der Waals surface area contributed by atoms with Gasteiger partial charge in [-0.1, -0.05) is 6.08 Å². The molecule has 1 fully saturated rings. The maximum Gasteiger partial charge on any atom is 0.0172 e. The Hall–Kier alpha value is -0.460. The van der Waals surface area contributed by atoms with Gasteiger partial charge < -0.3 is 4.90 Å². The van der Waals surface area contributed by atoms with E-state index in [0.717, 1.165) is 0 Å². The summed E-state index contributed by atoms with van der Waals surface area (Å²) in [5, 5.41) is 0. The first-order chi connectivity index (χ1) is 4.43. The Morgan fingerprint density at radius 3 is 2.33 bits per heavy atom. The lowest BCUT2D eigenvalue weighted by molar-refractivity contribution is 0.309. The van der Waals surface area contributed by atoms with Gasteiger partial charge in [-0.05, 0) is 32.4 Å². The second kappa shape index (κ2) is 3.54. The van der Waals surface area contributed by atoms with E-state index in [4.69, 9.17) is 0 Å². The van der Waals surface area contributed by atoms with Crippen molar-refractivity contribution in [2.24, 2.45) is 0 Å². The van der Waals surface area contributed by atoms with Crippen LogP contribution in [0.15, 0.2) is 12.3 Å². The molecule has 0 spiro atoms. The van der Waals surface area contributed by atoms with Crippen LogP contribution in [0.3, 0.4) is 0 Å². The number of hydrogen-bond donors (Lipinski definition) is 0. The van der Waals surface area contributed by atoms with E-state index in [9.17, 15) is 0 Å². The molecule has 1 saturated heterocycles. The first-order valence-electron chi connectivity index (χ1n) is 3.80. The number of piperidine rings is 1. The summed E-state index contributed by atoms with van der Waals surface area (Å²) in [6.07, 6.45) is 8.49. The minimum Gasteiger partial charge on any atom is -0.378 e. The maximum absolute atomic E-state index is 2.39. The van der Waals surface area contributed by atoms with Crippen molar-refractivity contribution in [2.75, 3.05) is 13.1 Å². The molecule has 1 aliphatic rings. The summed E-state index contributed by atoms with van der Waals surface area (Å²) in [6.45, 7) is 4.61. The highest BCUT2D eigenvalue weighted by molar-refractivity contribution is 4.80. The van der Waals surface area contributed by atoms with Crippen LogP contribution in [0.5, 0.6) is 0 Å². The minimum absolute atomic E-state index is 1.27. The summed E-state index contributed by atoms with van der Waals surface area (Å²) in [6, 6.07) is 0. The fourth-order valence-corrected chi connectivity index (χ4v) is 1.28. The van der Waals surface area contributed by atoms with Crippen LogP contribution in [-0.2, 0) is 0 Å². The summed E-state index contributed by atoms with van der Waals surface area (Å²) in [5.74, 6) is 0. The SMILES string of the molecule is CC=CN1CCCCC1. The van der Waals surface area contributed by atoms with E-state index in [1.807, 2.05) is 0 Å². The predicted octanol–water partition coefficient (Wildman–Crippen LogP) is 2.01. The zero-order valence-corrected chi connectivity index (χ0v) is 6.14. The average molecular weight is 125 g/mol. The highest BCUT2D eigenvalue weighted by Gasteiger charge is 2.03. The lowest BCUT2D eigenvalue weighted by Gasteiger charge is -2.24. The highest BCUT2D eigenvalue weighted by Crippen LogP contribution is 2.07. The van der Waals surface area contributed by atoms with Crippen molar-refractivity contribution in [3.63, 3.8) is 0 Å². The molecule has 0 radical (unpaired) electrons. The molecule has 52 valence electrons. The third-order valence-corrected chi connectivity index (χ3v) is 1.75. The normalized spacial score (nSPS) is 21.2. The van der Waals surface area contributed by atoms with Crippen molar-refractivity contribution in [1.82, 2.24) is 4.90 Å². The minimum atomic E-state index is 1.27. The summed E-state index contributed by atoms with van der Waals surface area (Å²) < 4.78 is 0. The number of rotatable bonds is 1. The van der Waals surface area contributed by atoms with Crippen LogP contribution in [0, 0.1) is 0 Å². The monoisotopic (exact) mass is 125 g/mol. The third kappa shape index (κ3) is 2.08. The van der Waals surface area contributed by atoms with E-state index >= 15 is 0 Å². The van der Waals surface area contributed by atoms with E-state index in [2.05, 4.69) is 24.1 Å². The molecule has 0 aliphatic carbocycles. The second-order valence-corrected chi connectivity index (χ2v) is 2.58. The summed E-state index contributed by atoms with van der Waals surface area (Å²) in [5.41, 5.74) is 0. The van der Waals surface area contributed by atoms with Crippen molar-refractivity contribution in [2.45, 2.75) is 26.2 Å². The summed E-state index contributed by atoms with van der Waals surface area (Å²) >= 11 is 0. The molecule has 0 saturated carbocycles. The third-order valence-electron chi connectivity index (χ3n) is 1.75. The van der Waals surface area contributed by atoms with E-state index in [1.54, 1.807) is 0 Å². The molecule has 0 aromatic heterocycles. The van der Waals surface area contributed by atoms with Crippen molar-refractivity contribution in [1.29, 1.82) is 0 Å². The van der Waals surface area contributed by atoms with Gasteiger partial charge in [-0.25, -0.2) is 0 Å². The molecule has 0 unspecified atom stereocenters. The molecule has 0 atom stereocenters. The number of likely N-dealkylation sites (tertiary alicyclic amines) is 1. The highest BCUT2D eigenvalue weighted by atomic mass is 15.1. The molecule has 1 rings (SSSR count). The zero-order chi connectivity index (χ0) is 6.53. The maximum atomic E-state index is 2.39. The number of hydrogen-bond acceptors (Lipinski definition) is 1.